The standard InChI is InChI=1S/C8H14O2S/c1-3-5-11-8(10)6-7(9)4-2/h3-6H2,1-2H3. The van der Waals surface area contributed by atoms with Gasteiger partial charge in [0.15, 0.2) is 5.12 Å². The third-order valence-corrected chi connectivity index (χ3v) is 2.28. The lowest BCUT2D eigenvalue weighted by Crippen LogP contribution is -2.03. The van der Waals surface area contributed by atoms with Crippen LogP contribution < -0.4 is 0 Å². The van der Waals surface area contributed by atoms with Crippen molar-refractivity contribution >= 4 is 22.7 Å². The molecule has 0 atom stereocenters. The Bertz CT molecular complexity index is 143. The average molecular weight is 174 g/mol. The fourth-order valence-corrected chi connectivity index (χ4v) is 1.25. The highest BCUT2D eigenvalue weighted by Crippen LogP contribution is 2.07. The number of hydrogen-bond donors (Lipinski definition) is 0. The van der Waals surface area contributed by atoms with E-state index < -0.39 is 0 Å². The lowest BCUT2D eigenvalue weighted by Gasteiger charge is -1.95. The van der Waals surface area contributed by atoms with Crippen LogP contribution in [0.15, 0.2) is 0 Å². The van der Waals surface area contributed by atoms with Crippen LogP contribution in [-0.2, 0) is 9.59 Å². The van der Waals surface area contributed by atoms with Crippen molar-refractivity contribution in [1.82, 2.24) is 0 Å². The van der Waals surface area contributed by atoms with Gasteiger partial charge in [-0.2, -0.15) is 0 Å². The molecule has 0 spiro atoms. The Morgan fingerprint density at radius 1 is 1.27 bits per heavy atom. The molecule has 0 heterocycles. The molecule has 0 N–H and O–H groups in total. The molecule has 64 valence electrons. The molecule has 0 aromatic rings. The third-order valence-electron chi connectivity index (χ3n) is 1.20. The first-order valence-electron chi connectivity index (χ1n) is 3.88. The van der Waals surface area contributed by atoms with E-state index in [1.54, 1.807) is 6.92 Å². The van der Waals surface area contributed by atoms with Crippen LogP contribution in [0, 0.1) is 0 Å². The van der Waals surface area contributed by atoms with E-state index in [1.807, 2.05) is 6.92 Å². The minimum Gasteiger partial charge on any atom is -0.299 e. The number of rotatable bonds is 5. The molecular formula is C8H14O2S. The second-order valence-electron chi connectivity index (χ2n) is 2.29. The molecule has 0 rings (SSSR count). The van der Waals surface area contributed by atoms with Gasteiger partial charge in [-0.3, -0.25) is 9.59 Å². The fraction of sp³-hybridized carbons (Fsp3) is 0.750. The fourth-order valence-electron chi connectivity index (χ4n) is 0.553. The van der Waals surface area contributed by atoms with E-state index in [4.69, 9.17) is 0 Å². The van der Waals surface area contributed by atoms with Gasteiger partial charge < -0.3 is 0 Å². The van der Waals surface area contributed by atoms with E-state index in [0.717, 1.165) is 12.2 Å². The van der Waals surface area contributed by atoms with E-state index in [-0.39, 0.29) is 17.3 Å². The molecule has 2 nitrogen and oxygen atoms in total. The Hall–Kier alpha value is -0.310. The quantitative estimate of drug-likeness (QED) is 0.598. The number of hydrogen-bond acceptors (Lipinski definition) is 3. The van der Waals surface area contributed by atoms with Crippen molar-refractivity contribution in [3.63, 3.8) is 0 Å². The van der Waals surface area contributed by atoms with Gasteiger partial charge in [-0.25, -0.2) is 0 Å². The average Bonchev–Trinajstić information content (AvgIpc) is 2.00. The molecule has 0 bridgehead atoms. The molecule has 0 fully saturated rings. The van der Waals surface area contributed by atoms with Crippen LogP contribution in [0.3, 0.4) is 0 Å². The summed E-state index contributed by atoms with van der Waals surface area (Å²) in [5.41, 5.74) is 0. The monoisotopic (exact) mass is 174 g/mol. The van der Waals surface area contributed by atoms with Gasteiger partial charge in [0.1, 0.15) is 5.78 Å². The largest absolute Gasteiger partial charge is 0.299 e. The number of carbonyl (C=O) groups is 2. The zero-order valence-corrected chi connectivity index (χ0v) is 7.87. The lowest BCUT2D eigenvalue weighted by atomic mass is 10.2. The highest BCUT2D eigenvalue weighted by Gasteiger charge is 2.06. The van der Waals surface area contributed by atoms with E-state index in [2.05, 4.69) is 0 Å². The Kier molecular flexibility index (Phi) is 6.22. The summed E-state index contributed by atoms with van der Waals surface area (Å²) in [5.74, 6) is 0.870. The Labute approximate surface area is 71.7 Å². The van der Waals surface area contributed by atoms with Gasteiger partial charge in [0.25, 0.3) is 0 Å². The maximum Gasteiger partial charge on any atom is 0.196 e. The predicted octanol–water partition coefficient (Wildman–Crippen LogP) is 2.03. The molecule has 0 radical (unpaired) electrons. The minimum atomic E-state index is 0.0127. The zero-order chi connectivity index (χ0) is 8.69. The number of carbonyl (C=O) groups excluding carboxylic acids is 2. The van der Waals surface area contributed by atoms with Crippen molar-refractivity contribution in [3.05, 3.63) is 0 Å². The molecule has 0 amide bonds. The van der Waals surface area contributed by atoms with Crippen LogP contribution >= 0.6 is 11.8 Å². The Balaban J connectivity index is 3.44. The van der Waals surface area contributed by atoms with Crippen molar-refractivity contribution in [2.75, 3.05) is 5.75 Å². The summed E-state index contributed by atoms with van der Waals surface area (Å²) in [4.78, 5) is 21.7. The zero-order valence-electron chi connectivity index (χ0n) is 7.05. The Morgan fingerprint density at radius 2 is 1.91 bits per heavy atom. The van der Waals surface area contributed by atoms with Gasteiger partial charge in [-0.05, 0) is 6.42 Å². The van der Waals surface area contributed by atoms with E-state index in [1.165, 1.54) is 11.8 Å². The van der Waals surface area contributed by atoms with Crippen LogP contribution in [0.25, 0.3) is 0 Å². The van der Waals surface area contributed by atoms with Gasteiger partial charge in [0, 0.05) is 12.2 Å². The van der Waals surface area contributed by atoms with Crippen molar-refractivity contribution in [2.45, 2.75) is 33.1 Å². The van der Waals surface area contributed by atoms with Gasteiger partial charge in [-0.1, -0.05) is 25.6 Å². The summed E-state index contributed by atoms with van der Waals surface area (Å²) >= 11 is 1.26. The maximum atomic E-state index is 10.9. The predicted molar refractivity (Wildman–Crippen MR) is 47.7 cm³/mol. The minimum absolute atomic E-state index is 0.0127. The molecule has 0 saturated heterocycles. The second-order valence-corrected chi connectivity index (χ2v) is 3.44. The molecular weight excluding hydrogens is 160 g/mol. The third kappa shape index (κ3) is 6.10. The van der Waals surface area contributed by atoms with E-state index in [9.17, 15) is 9.59 Å². The van der Waals surface area contributed by atoms with Crippen molar-refractivity contribution in [2.24, 2.45) is 0 Å². The molecule has 3 heteroatoms. The SMILES string of the molecule is CCCSC(=O)CC(=O)CC. The normalized spacial score (nSPS) is 9.64. The highest BCUT2D eigenvalue weighted by molar-refractivity contribution is 8.13. The highest BCUT2D eigenvalue weighted by atomic mass is 32.2. The summed E-state index contributed by atoms with van der Waals surface area (Å²) in [7, 11) is 0. The van der Waals surface area contributed by atoms with Crippen molar-refractivity contribution in [3.8, 4) is 0 Å². The number of thioether (sulfide) groups is 1. The molecule has 0 aliphatic heterocycles. The first-order valence-corrected chi connectivity index (χ1v) is 4.86. The smallest absolute Gasteiger partial charge is 0.196 e. The molecule has 11 heavy (non-hydrogen) atoms. The summed E-state index contributed by atoms with van der Waals surface area (Å²) < 4.78 is 0. The van der Waals surface area contributed by atoms with Gasteiger partial charge in [0.2, 0.25) is 0 Å². The van der Waals surface area contributed by atoms with Crippen LogP contribution in [0.2, 0.25) is 0 Å². The first-order chi connectivity index (χ1) is 5.20. The first kappa shape index (κ1) is 10.7. The maximum absolute atomic E-state index is 10.9. The summed E-state index contributed by atoms with van der Waals surface area (Å²) in [6.07, 6.45) is 1.57. The number of Topliss-reactive ketones (excluding diaryl/α,β-unsaturated/α-hetero) is 1. The van der Waals surface area contributed by atoms with Crippen LogP contribution in [0.5, 0.6) is 0 Å². The Morgan fingerprint density at radius 3 is 2.36 bits per heavy atom. The van der Waals surface area contributed by atoms with Gasteiger partial charge in [-0.15, -0.1) is 0 Å². The molecule has 0 unspecified atom stereocenters. The van der Waals surface area contributed by atoms with Crippen molar-refractivity contribution in [1.29, 1.82) is 0 Å². The van der Waals surface area contributed by atoms with Crippen LogP contribution in [-0.4, -0.2) is 16.7 Å². The van der Waals surface area contributed by atoms with Gasteiger partial charge in [0.05, 0.1) is 6.42 Å². The lowest BCUT2D eigenvalue weighted by molar-refractivity contribution is -0.123. The molecule has 0 aromatic heterocycles. The van der Waals surface area contributed by atoms with Crippen molar-refractivity contribution < 1.29 is 9.59 Å². The molecule has 0 aliphatic carbocycles. The van der Waals surface area contributed by atoms with Crippen LogP contribution in [0.4, 0.5) is 0 Å². The van der Waals surface area contributed by atoms with Crippen LogP contribution in [0.1, 0.15) is 33.1 Å². The van der Waals surface area contributed by atoms with E-state index >= 15 is 0 Å². The summed E-state index contributed by atoms with van der Waals surface area (Å²) in [5, 5.41) is 0.0127. The summed E-state index contributed by atoms with van der Waals surface area (Å²) in [6.45, 7) is 3.79. The van der Waals surface area contributed by atoms with E-state index in [0.29, 0.717) is 6.42 Å². The molecule has 0 aliphatic rings. The topological polar surface area (TPSA) is 34.1 Å². The molecule has 0 aromatic carbocycles. The number of ketones is 1. The summed E-state index contributed by atoms with van der Waals surface area (Å²) in [6, 6.07) is 0. The van der Waals surface area contributed by atoms with Gasteiger partial charge >= 0.3 is 0 Å². The molecule has 0 saturated carbocycles. The second kappa shape index (κ2) is 6.40.